The Hall–Kier alpha value is -1.34. The molecule has 2 aromatic heterocycles. The van der Waals surface area contributed by atoms with E-state index in [1.807, 2.05) is 20.8 Å². The van der Waals surface area contributed by atoms with E-state index in [9.17, 15) is 4.79 Å². The summed E-state index contributed by atoms with van der Waals surface area (Å²) in [5, 5.41) is 12.0. The second-order valence-corrected chi connectivity index (χ2v) is 6.40. The molecule has 6 nitrogen and oxygen atoms in total. The molecule has 1 atom stereocenters. The Morgan fingerprint density at radius 2 is 2.23 bits per heavy atom. The van der Waals surface area contributed by atoms with Gasteiger partial charge in [-0.1, -0.05) is 11.6 Å². The summed E-state index contributed by atoms with van der Waals surface area (Å²) in [7, 11) is 0. The van der Waals surface area contributed by atoms with Crippen LogP contribution >= 0.6 is 27.5 Å². The Morgan fingerprint density at radius 3 is 2.77 bits per heavy atom. The standard InChI is InChI=1S/C14H19BrClN5O/c1-9-13(15)10(2)21(19-9)11(3)14(22)17-5-4-6-20-8-12(16)7-18-20/h7-8,11H,4-6H2,1-3H3,(H,17,22). The lowest BCUT2D eigenvalue weighted by Gasteiger charge is -2.14. The van der Waals surface area contributed by atoms with E-state index in [4.69, 9.17) is 11.6 Å². The molecule has 0 fully saturated rings. The van der Waals surface area contributed by atoms with E-state index in [2.05, 4.69) is 31.4 Å². The van der Waals surface area contributed by atoms with Crippen molar-refractivity contribution in [1.29, 1.82) is 0 Å². The number of nitrogens with one attached hydrogen (secondary N) is 1. The van der Waals surface area contributed by atoms with Gasteiger partial charge in [0.1, 0.15) is 6.04 Å². The number of rotatable bonds is 6. The van der Waals surface area contributed by atoms with Crippen molar-refractivity contribution in [2.45, 2.75) is 39.8 Å². The van der Waals surface area contributed by atoms with Crippen molar-refractivity contribution >= 4 is 33.4 Å². The van der Waals surface area contributed by atoms with Crippen LogP contribution < -0.4 is 5.32 Å². The van der Waals surface area contributed by atoms with Crippen molar-refractivity contribution in [1.82, 2.24) is 24.9 Å². The Labute approximate surface area is 143 Å². The monoisotopic (exact) mass is 387 g/mol. The first-order valence-corrected chi connectivity index (χ1v) is 8.24. The van der Waals surface area contributed by atoms with Gasteiger partial charge in [-0.05, 0) is 43.1 Å². The predicted octanol–water partition coefficient (Wildman–Crippen LogP) is 2.88. The topological polar surface area (TPSA) is 64.7 Å². The fourth-order valence-corrected chi connectivity index (χ4v) is 2.61. The van der Waals surface area contributed by atoms with Gasteiger partial charge < -0.3 is 5.32 Å². The van der Waals surface area contributed by atoms with E-state index >= 15 is 0 Å². The van der Waals surface area contributed by atoms with Crippen molar-refractivity contribution in [2.75, 3.05) is 6.54 Å². The fraction of sp³-hybridized carbons (Fsp3) is 0.500. The van der Waals surface area contributed by atoms with Crippen LogP contribution in [0.4, 0.5) is 0 Å². The van der Waals surface area contributed by atoms with E-state index < -0.39 is 0 Å². The van der Waals surface area contributed by atoms with Crippen molar-refractivity contribution in [3.8, 4) is 0 Å². The van der Waals surface area contributed by atoms with Gasteiger partial charge in [-0.3, -0.25) is 14.2 Å². The zero-order chi connectivity index (χ0) is 16.3. The molecule has 0 aliphatic heterocycles. The van der Waals surface area contributed by atoms with Gasteiger partial charge in [0, 0.05) is 19.3 Å². The molecule has 2 aromatic rings. The minimum absolute atomic E-state index is 0.0448. The number of hydrogen-bond acceptors (Lipinski definition) is 3. The Kier molecular flexibility index (Phi) is 5.63. The Bertz CT molecular complexity index is 666. The molecule has 8 heteroatoms. The number of nitrogens with zero attached hydrogens (tertiary/aromatic N) is 4. The fourth-order valence-electron chi connectivity index (χ4n) is 2.19. The summed E-state index contributed by atoms with van der Waals surface area (Å²) in [6, 6.07) is -0.343. The summed E-state index contributed by atoms with van der Waals surface area (Å²) in [4.78, 5) is 12.2. The van der Waals surface area contributed by atoms with Gasteiger partial charge in [0.25, 0.3) is 0 Å². The molecule has 0 saturated heterocycles. The lowest BCUT2D eigenvalue weighted by molar-refractivity contribution is -0.124. The largest absolute Gasteiger partial charge is 0.354 e. The molecule has 1 amide bonds. The zero-order valence-electron chi connectivity index (χ0n) is 12.8. The smallest absolute Gasteiger partial charge is 0.244 e. The number of aryl methyl sites for hydroxylation is 2. The Balaban J connectivity index is 1.82. The molecule has 0 radical (unpaired) electrons. The van der Waals surface area contributed by atoms with Crippen molar-refractivity contribution < 1.29 is 4.79 Å². The van der Waals surface area contributed by atoms with E-state index in [1.54, 1.807) is 21.8 Å². The number of halogens is 2. The van der Waals surface area contributed by atoms with Crippen LogP contribution in [-0.4, -0.2) is 32.0 Å². The number of carbonyl (C=O) groups is 1. The summed E-state index contributed by atoms with van der Waals surface area (Å²) in [6.45, 7) is 6.99. The van der Waals surface area contributed by atoms with Gasteiger partial charge in [0.2, 0.25) is 5.91 Å². The number of hydrogen-bond donors (Lipinski definition) is 1. The minimum Gasteiger partial charge on any atom is -0.354 e. The second kappa shape index (κ2) is 7.28. The quantitative estimate of drug-likeness (QED) is 0.774. The maximum absolute atomic E-state index is 12.2. The lowest BCUT2D eigenvalue weighted by Crippen LogP contribution is -2.33. The first-order chi connectivity index (χ1) is 10.4. The number of carbonyl (C=O) groups excluding carboxylic acids is 1. The van der Waals surface area contributed by atoms with Crippen LogP contribution in [0.25, 0.3) is 0 Å². The van der Waals surface area contributed by atoms with Crippen molar-refractivity contribution in [3.05, 3.63) is 33.3 Å². The first kappa shape index (κ1) is 17.0. The van der Waals surface area contributed by atoms with Crippen LogP contribution in [0.3, 0.4) is 0 Å². The average molecular weight is 389 g/mol. The van der Waals surface area contributed by atoms with Gasteiger partial charge in [0.05, 0.1) is 27.1 Å². The Morgan fingerprint density at radius 1 is 1.50 bits per heavy atom. The van der Waals surface area contributed by atoms with Gasteiger partial charge >= 0.3 is 0 Å². The van der Waals surface area contributed by atoms with Crippen LogP contribution in [-0.2, 0) is 11.3 Å². The van der Waals surface area contributed by atoms with Crippen LogP contribution in [0.5, 0.6) is 0 Å². The maximum atomic E-state index is 12.2. The van der Waals surface area contributed by atoms with Crippen LogP contribution in [0, 0.1) is 13.8 Å². The van der Waals surface area contributed by atoms with Gasteiger partial charge in [-0.25, -0.2) is 0 Å². The minimum atomic E-state index is -0.343. The number of aromatic nitrogens is 4. The molecule has 1 unspecified atom stereocenters. The lowest BCUT2D eigenvalue weighted by atomic mass is 10.3. The first-order valence-electron chi connectivity index (χ1n) is 7.07. The third-order valence-electron chi connectivity index (χ3n) is 3.45. The van der Waals surface area contributed by atoms with Crippen molar-refractivity contribution in [2.24, 2.45) is 0 Å². The molecule has 0 spiro atoms. The van der Waals surface area contributed by atoms with Crippen LogP contribution in [0.15, 0.2) is 16.9 Å². The summed E-state index contributed by atoms with van der Waals surface area (Å²) in [5.41, 5.74) is 1.83. The third-order valence-corrected chi connectivity index (χ3v) is 4.79. The summed E-state index contributed by atoms with van der Waals surface area (Å²) in [5.74, 6) is -0.0448. The van der Waals surface area contributed by atoms with Crippen molar-refractivity contribution in [3.63, 3.8) is 0 Å². The highest BCUT2D eigenvalue weighted by Crippen LogP contribution is 2.22. The van der Waals surface area contributed by atoms with E-state index in [1.165, 1.54) is 0 Å². The van der Waals surface area contributed by atoms with E-state index in [0.717, 1.165) is 22.3 Å². The molecule has 0 aliphatic carbocycles. The highest BCUT2D eigenvalue weighted by atomic mass is 79.9. The second-order valence-electron chi connectivity index (χ2n) is 5.17. The van der Waals surface area contributed by atoms with Gasteiger partial charge in [-0.15, -0.1) is 0 Å². The maximum Gasteiger partial charge on any atom is 0.244 e. The highest BCUT2D eigenvalue weighted by molar-refractivity contribution is 9.10. The molecule has 0 bridgehead atoms. The summed E-state index contributed by atoms with van der Waals surface area (Å²) in [6.07, 6.45) is 4.15. The molecule has 0 saturated carbocycles. The molecule has 1 N–H and O–H groups in total. The molecular weight excluding hydrogens is 370 g/mol. The third kappa shape index (κ3) is 3.89. The molecule has 2 rings (SSSR count). The van der Waals surface area contributed by atoms with E-state index in [0.29, 0.717) is 18.1 Å². The van der Waals surface area contributed by atoms with Crippen LogP contribution in [0.1, 0.15) is 30.8 Å². The summed E-state index contributed by atoms with van der Waals surface area (Å²) < 4.78 is 4.45. The van der Waals surface area contributed by atoms with Gasteiger partial charge in [0.15, 0.2) is 0 Å². The SMILES string of the molecule is Cc1nn(C(C)C(=O)NCCCn2cc(Cl)cn2)c(C)c1Br. The van der Waals surface area contributed by atoms with Gasteiger partial charge in [-0.2, -0.15) is 10.2 Å². The highest BCUT2D eigenvalue weighted by Gasteiger charge is 2.19. The number of amides is 1. The van der Waals surface area contributed by atoms with Crippen LogP contribution in [0.2, 0.25) is 5.02 Å². The molecule has 0 aliphatic rings. The summed E-state index contributed by atoms with van der Waals surface area (Å²) >= 11 is 9.27. The average Bonchev–Trinajstić information content (AvgIpc) is 3.01. The molecular formula is C14H19BrClN5O. The molecule has 22 heavy (non-hydrogen) atoms. The molecule has 120 valence electrons. The van der Waals surface area contributed by atoms with E-state index in [-0.39, 0.29) is 11.9 Å². The molecule has 2 heterocycles. The normalized spacial score (nSPS) is 12.4. The predicted molar refractivity (Wildman–Crippen MR) is 89.0 cm³/mol. The molecule has 0 aromatic carbocycles. The zero-order valence-corrected chi connectivity index (χ0v) is 15.1.